The molecule has 0 aliphatic heterocycles. The fourth-order valence-corrected chi connectivity index (χ4v) is 20.2. The number of benzene rings is 2. The number of carbonyl (C=O) groups is 5. The monoisotopic (exact) mass is 1080 g/mol. The van der Waals surface area contributed by atoms with E-state index >= 15 is 0 Å². The van der Waals surface area contributed by atoms with Crippen molar-refractivity contribution in [3.8, 4) is 0 Å². The Bertz CT molecular complexity index is 1910. The van der Waals surface area contributed by atoms with Crippen LogP contribution in [0.15, 0.2) is 48.5 Å². The molecule has 0 saturated carbocycles. The average Bonchev–Trinajstić information content (AvgIpc) is 3.23. The summed E-state index contributed by atoms with van der Waals surface area (Å²) in [4.78, 5) is 58.7. The summed E-state index contributed by atoms with van der Waals surface area (Å²) in [7, 11) is -3.83. The van der Waals surface area contributed by atoms with Crippen molar-refractivity contribution in [2.24, 2.45) is 5.73 Å². The number of amides is 1. The topological polar surface area (TPSA) is 197 Å². The Morgan fingerprint density at radius 3 is 1.05 bits per heavy atom. The molecule has 0 bridgehead atoms. The number of esters is 2. The van der Waals surface area contributed by atoms with Crippen molar-refractivity contribution in [3.05, 3.63) is 70.8 Å². The highest BCUT2D eigenvalue weighted by Crippen LogP contribution is 2.44. The minimum atomic E-state index is -1.95. The second kappa shape index (κ2) is 31.7. The van der Waals surface area contributed by atoms with Crippen LogP contribution in [0.2, 0.25) is 33.2 Å². The molecule has 424 valence electrons. The van der Waals surface area contributed by atoms with E-state index in [-0.39, 0.29) is 31.6 Å². The molecule has 2 atom stereocenters. The minimum Gasteiger partial charge on any atom is -0.465 e. The van der Waals surface area contributed by atoms with E-state index in [0.717, 1.165) is 22.3 Å². The van der Waals surface area contributed by atoms with Crippen molar-refractivity contribution in [3.63, 3.8) is 0 Å². The van der Waals surface area contributed by atoms with Crippen LogP contribution in [0, 0.1) is 0 Å². The summed E-state index contributed by atoms with van der Waals surface area (Å²) in [6, 6.07) is 15.8. The van der Waals surface area contributed by atoms with Gasteiger partial charge in [0.25, 0.3) is 0 Å². The van der Waals surface area contributed by atoms with Crippen LogP contribution >= 0.6 is 0 Å². The van der Waals surface area contributed by atoms with E-state index in [0.29, 0.717) is 53.1 Å². The predicted molar refractivity (Wildman–Crippen MR) is 300 cm³/mol. The fraction of sp³-hybridized carbons (Fsp3) is 0.702. The normalized spacial score (nSPS) is 13.1. The standard InChI is InChI=1S/C26H45NO5Si.C21H37NO3Si.C10H18O5/c1-11-30-24(28)23(16-27-25(29)32-26(8,9)10)22-14-12-21(13-15-22)17-31-33(18(2)3,19(4)5)20(6)7;1-8-24-21(23)20(13-22)19-11-9-18(10-12-19)14-25-26(15(2)3,16(4)5)17(6)7;1-9(2,3)14-7(11)13-8(12)15-10(4,5)6/h12-15,18-20,23H,11,16-17H2,1-10H3,(H,27,29);9-12,15-17,20H,8,13-14,22H2,1-7H3;1-6H3. The highest BCUT2D eigenvalue weighted by atomic mass is 28.4. The lowest BCUT2D eigenvalue weighted by molar-refractivity contribution is -0.145. The van der Waals surface area contributed by atoms with Crippen molar-refractivity contribution < 1.29 is 61.2 Å². The molecule has 0 aliphatic rings. The number of nitrogens with two attached hydrogens (primary N) is 1. The van der Waals surface area contributed by atoms with E-state index in [1.54, 1.807) is 76.2 Å². The Kier molecular flexibility index (Phi) is 29.8. The van der Waals surface area contributed by atoms with E-state index in [2.05, 4.69) is 93.1 Å². The Hall–Kier alpha value is -4.30. The molecule has 0 radical (unpaired) electrons. The largest absolute Gasteiger partial charge is 0.519 e. The zero-order valence-electron chi connectivity index (χ0n) is 49.9. The van der Waals surface area contributed by atoms with Crippen LogP contribution in [-0.2, 0) is 60.1 Å². The molecule has 0 aromatic heterocycles. The number of hydrogen-bond donors (Lipinski definition) is 2. The van der Waals surface area contributed by atoms with Gasteiger partial charge in [0.1, 0.15) is 16.8 Å². The maximum Gasteiger partial charge on any atom is 0.519 e. The van der Waals surface area contributed by atoms with Gasteiger partial charge in [-0.2, -0.15) is 0 Å². The van der Waals surface area contributed by atoms with Crippen LogP contribution in [0.4, 0.5) is 14.4 Å². The Balaban J connectivity index is 0.00000116. The first-order valence-corrected chi connectivity index (χ1v) is 30.8. The van der Waals surface area contributed by atoms with Crippen molar-refractivity contribution in [1.82, 2.24) is 5.32 Å². The molecule has 17 heteroatoms. The van der Waals surface area contributed by atoms with Crippen LogP contribution in [0.1, 0.15) is 193 Å². The second-order valence-corrected chi connectivity index (χ2v) is 34.4. The van der Waals surface area contributed by atoms with Crippen LogP contribution in [0.5, 0.6) is 0 Å². The smallest absolute Gasteiger partial charge is 0.465 e. The molecule has 1 amide bonds. The van der Waals surface area contributed by atoms with Gasteiger partial charge in [0.05, 0.1) is 38.3 Å². The molecule has 2 aromatic carbocycles. The lowest BCUT2D eigenvalue weighted by Gasteiger charge is -2.42. The van der Waals surface area contributed by atoms with Gasteiger partial charge in [-0.1, -0.05) is 132 Å². The molecule has 0 aliphatic carbocycles. The average molecular weight is 1080 g/mol. The van der Waals surface area contributed by atoms with Gasteiger partial charge in [0.2, 0.25) is 16.6 Å². The molecule has 0 spiro atoms. The summed E-state index contributed by atoms with van der Waals surface area (Å²) >= 11 is 0. The molecule has 2 rings (SSSR count). The quantitative estimate of drug-likeness (QED) is 0.0518. The second-order valence-electron chi connectivity index (χ2n) is 23.5. The molecular formula is C57H100N2O13Si2. The van der Waals surface area contributed by atoms with Gasteiger partial charge in [-0.25, -0.2) is 14.4 Å². The third-order valence-electron chi connectivity index (χ3n) is 12.3. The summed E-state index contributed by atoms with van der Waals surface area (Å²) in [6.45, 7) is 48.6. The summed E-state index contributed by atoms with van der Waals surface area (Å²) in [5.74, 6) is -1.64. The van der Waals surface area contributed by atoms with Crippen molar-refractivity contribution in [2.45, 2.75) is 234 Å². The maximum atomic E-state index is 12.6. The number of nitrogens with one attached hydrogen (secondary N) is 1. The Morgan fingerprint density at radius 1 is 0.486 bits per heavy atom. The Morgan fingerprint density at radius 2 is 0.784 bits per heavy atom. The maximum absolute atomic E-state index is 12.6. The fourth-order valence-electron chi connectivity index (χ4n) is 9.41. The van der Waals surface area contributed by atoms with E-state index < -0.39 is 63.7 Å². The number of carbonyl (C=O) groups excluding carboxylic acids is 5. The van der Waals surface area contributed by atoms with Crippen LogP contribution in [0.25, 0.3) is 0 Å². The van der Waals surface area contributed by atoms with Gasteiger partial charge in [-0.3, -0.25) is 9.59 Å². The number of hydrogen-bond acceptors (Lipinski definition) is 14. The lowest BCUT2D eigenvalue weighted by atomic mass is 9.98. The Labute approximate surface area is 449 Å². The highest BCUT2D eigenvalue weighted by molar-refractivity contribution is 6.78. The van der Waals surface area contributed by atoms with Crippen molar-refractivity contribution >= 4 is 47.0 Å². The zero-order valence-corrected chi connectivity index (χ0v) is 51.9. The molecular weight excluding hydrogens is 977 g/mol. The SMILES string of the molecule is CC(C)(C)OC(=O)OC(=O)OC(C)(C)C.CCOC(=O)C(CN)c1ccc(CO[Si](C(C)C)(C(C)C)C(C)C)cc1.CCOC(=O)C(CNC(=O)OC(C)(C)C)c1ccc(CO[Si](C(C)C)(C(C)C)C(C)C)cc1. The summed E-state index contributed by atoms with van der Waals surface area (Å²) in [5, 5.41) is 2.69. The van der Waals surface area contributed by atoms with Crippen molar-refractivity contribution in [1.29, 1.82) is 0 Å². The minimum absolute atomic E-state index is 0.105. The first-order valence-electron chi connectivity index (χ1n) is 26.5. The van der Waals surface area contributed by atoms with Gasteiger partial charge >= 0.3 is 30.3 Å². The zero-order chi connectivity index (χ0) is 57.6. The molecule has 0 fully saturated rings. The molecule has 15 nitrogen and oxygen atoms in total. The molecule has 3 N–H and O–H groups in total. The number of alkyl carbamates (subject to hydrolysis) is 1. The summed E-state index contributed by atoms with van der Waals surface area (Å²) in [5.41, 5.74) is 10.9. The molecule has 2 aromatic rings. The van der Waals surface area contributed by atoms with Gasteiger partial charge < -0.3 is 48.3 Å². The molecule has 2 unspecified atom stereocenters. The molecule has 0 heterocycles. The first-order chi connectivity index (χ1) is 33.9. The van der Waals surface area contributed by atoms with Crippen LogP contribution in [0.3, 0.4) is 0 Å². The van der Waals surface area contributed by atoms with Gasteiger partial charge in [0.15, 0.2) is 0 Å². The third-order valence-corrected chi connectivity index (χ3v) is 24.4. The van der Waals surface area contributed by atoms with E-state index in [4.69, 9.17) is 38.3 Å². The summed E-state index contributed by atoms with van der Waals surface area (Å²) < 4.78 is 42.8. The number of rotatable bonds is 21. The van der Waals surface area contributed by atoms with Crippen LogP contribution in [-0.4, -0.2) is 90.1 Å². The predicted octanol–water partition coefficient (Wildman–Crippen LogP) is 14.4. The lowest BCUT2D eigenvalue weighted by Crippen LogP contribution is -2.47. The molecule has 0 saturated heterocycles. The van der Waals surface area contributed by atoms with Crippen molar-refractivity contribution in [2.75, 3.05) is 26.3 Å². The third kappa shape index (κ3) is 24.1. The van der Waals surface area contributed by atoms with E-state index in [1.807, 2.05) is 48.5 Å². The highest BCUT2D eigenvalue weighted by Gasteiger charge is 2.46. The van der Waals surface area contributed by atoms with Crippen LogP contribution < -0.4 is 11.1 Å². The van der Waals surface area contributed by atoms with E-state index in [1.165, 1.54) is 0 Å². The first kappa shape index (κ1) is 69.7. The van der Waals surface area contributed by atoms with E-state index in [9.17, 15) is 24.0 Å². The van der Waals surface area contributed by atoms with Gasteiger partial charge in [-0.05, 0) is 132 Å². The van der Waals surface area contributed by atoms with Gasteiger partial charge in [0, 0.05) is 13.1 Å². The summed E-state index contributed by atoms with van der Waals surface area (Å²) in [6.07, 6.45) is -2.67. The molecule has 74 heavy (non-hydrogen) atoms. The number of ether oxygens (including phenoxy) is 6. The van der Waals surface area contributed by atoms with Gasteiger partial charge in [-0.15, -0.1) is 0 Å².